The molecular formula is C20H21FN4O2. The number of methoxy groups -OCH3 is 1. The Kier molecular flexibility index (Phi) is 6.14. The van der Waals surface area contributed by atoms with E-state index in [-0.39, 0.29) is 18.1 Å². The van der Waals surface area contributed by atoms with Crippen molar-refractivity contribution in [2.75, 3.05) is 12.4 Å². The van der Waals surface area contributed by atoms with Gasteiger partial charge in [-0.25, -0.2) is 4.39 Å². The zero-order valence-corrected chi connectivity index (χ0v) is 15.1. The van der Waals surface area contributed by atoms with Crippen LogP contribution >= 0.6 is 0 Å². The number of benzene rings is 1. The van der Waals surface area contributed by atoms with Crippen LogP contribution in [0.2, 0.25) is 0 Å². The molecule has 140 valence electrons. The summed E-state index contributed by atoms with van der Waals surface area (Å²) >= 11 is 0. The molecule has 3 aromatic rings. The van der Waals surface area contributed by atoms with Gasteiger partial charge in [0, 0.05) is 43.5 Å². The topological polar surface area (TPSA) is 69.0 Å². The molecule has 3 rings (SSSR count). The Hall–Kier alpha value is -3.22. The van der Waals surface area contributed by atoms with Gasteiger partial charge in [0.15, 0.2) is 17.4 Å². The molecule has 0 aliphatic carbocycles. The Labute approximate surface area is 157 Å². The molecule has 0 atom stereocenters. The molecule has 27 heavy (non-hydrogen) atoms. The summed E-state index contributed by atoms with van der Waals surface area (Å²) in [5, 5.41) is 7.10. The molecule has 1 N–H and O–H groups in total. The average Bonchev–Trinajstić information content (AvgIpc) is 3.13. The van der Waals surface area contributed by atoms with E-state index in [9.17, 15) is 9.18 Å². The molecule has 1 aromatic carbocycles. The number of hydrogen-bond donors (Lipinski definition) is 1. The van der Waals surface area contributed by atoms with Gasteiger partial charge in [-0.05, 0) is 36.2 Å². The number of ether oxygens (including phenoxy) is 1. The summed E-state index contributed by atoms with van der Waals surface area (Å²) in [5.41, 5.74) is 1.73. The highest BCUT2D eigenvalue weighted by Crippen LogP contribution is 2.18. The van der Waals surface area contributed by atoms with E-state index < -0.39 is 5.82 Å². The number of pyridine rings is 1. The van der Waals surface area contributed by atoms with Gasteiger partial charge in [0.25, 0.3) is 0 Å². The van der Waals surface area contributed by atoms with Crippen LogP contribution in [0.15, 0.2) is 54.9 Å². The highest BCUT2D eigenvalue weighted by atomic mass is 19.1. The summed E-state index contributed by atoms with van der Waals surface area (Å²) in [6, 6.07) is 12.3. The predicted octanol–water partition coefficient (Wildman–Crippen LogP) is 3.24. The smallest absolute Gasteiger partial charge is 0.225 e. The van der Waals surface area contributed by atoms with Crippen molar-refractivity contribution in [3.8, 4) is 5.75 Å². The molecule has 0 aliphatic rings. The number of amides is 1. The lowest BCUT2D eigenvalue weighted by atomic mass is 10.1. The van der Waals surface area contributed by atoms with E-state index in [0.29, 0.717) is 18.8 Å². The van der Waals surface area contributed by atoms with Crippen molar-refractivity contribution in [2.24, 2.45) is 0 Å². The standard InChI is InChI=1S/C20H21FN4O2/c1-27-18-7-5-15(14-17(18)21)6-8-20(26)23-19-10-13-25(24-19)12-9-16-4-2-3-11-22-16/h2-5,7,10-11,13-14H,6,8-9,12H2,1H3,(H,23,24,26). The Morgan fingerprint density at radius 1 is 1.22 bits per heavy atom. The van der Waals surface area contributed by atoms with Gasteiger partial charge in [0.1, 0.15) is 0 Å². The minimum Gasteiger partial charge on any atom is -0.494 e. The van der Waals surface area contributed by atoms with Crippen molar-refractivity contribution in [3.05, 3.63) is 71.9 Å². The molecule has 6 nitrogen and oxygen atoms in total. The quantitative estimate of drug-likeness (QED) is 0.663. The number of anilines is 1. The van der Waals surface area contributed by atoms with Gasteiger partial charge < -0.3 is 10.1 Å². The Balaban J connectivity index is 1.47. The second-order valence-electron chi connectivity index (χ2n) is 6.05. The van der Waals surface area contributed by atoms with Gasteiger partial charge in [-0.15, -0.1) is 0 Å². The maximum atomic E-state index is 13.7. The van der Waals surface area contributed by atoms with Crippen molar-refractivity contribution in [1.29, 1.82) is 0 Å². The molecular weight excluding hydrogens is 347 g/mol. The summed E-state index contributed by atoms with van der Waals surface area (Å²) in [5.74, 6) is 0.102. The lowest BCUT2D eigenvalue weighted by Crippen LogP contribution is -2.13. The number of aromatic nitrogens is 3. The lowest BCUT2D eigenvalue weighted by molar-refractivity contribution is -0.116. The van der Waals surface area contributed by atoms with Crippen LogP contribution in [0.25, 0.3) is 0 Å². The molecule has 0 unspecified atom stereocenters. The van der Waals surface area contributed by atoms with E-state index in [2.05, 4.69) is 15.4 Å². The van der Waals surface area contributed by atoms with Gasteiger partial charge in [-0.2, -0.15) is 5.10 Å². The summed E-state index contributed by atoms with van der Waals surface area (Å²) in [7, 11) is 1.42. The summed E-state index contributed by atoms with van der Waals surface area (Å²) < 4.78 is 20.3. The van der Waals surface area contributed by atoms with E-state index >= 15 is 0 Å². The summed E-state index contributed by atoms with van der Waals surface area (Å²) in [4.78, 5) is 16.4. The Morgan fingerprint density at radius 2 is 2.11 bits per heavy atom. The van der Waals surface area contributed by atoms with Gasteiger partial charge in [-0.1, -0.05) is 12.1 Å². The lowest BCUT2D eigenvalue weighted by Gasteiger charge is -2.05. The van der Waals surface area contributed by atoms with E-state index in [1.807, 2.05) is 24.4 Å². The zero-order valence-electron chi connectivity index (χ0n) is 15.1. The fraction of sp³-hybridized carbons (Fsp3) is 0.250. The minimum atomic E-state index is -0.429. The van der Waals surface area contributed by atoms with E-state index in [1.54, 1.807) is 29.1 Å². The second kappa shape index (κ2) is 8.93. The van der Waals surface area contributed by atoms with E-state index in [4.69, 9.17) is 4.74 Å². The zero-order chi connectivity index (χ0) is 19.1. The SMILES string of the molecule is COc1ccc(CCC(=O)Nc2ccn(CCc3ccccn3)n2)cc1F. The van der Waals surface area contributed by atoms with Gasteiger partial charge in [0.05, 0.1) is 7.11 Å². The third-order valence-corrected chi connectivity index (χ3v) is 4.09. The predicted molar refractivity (Wildman–Crippen MR) is 100 cm³/mol. The van der Waals surface area contributed by atoms with Crippen molar-refractivity contribution in [1.82, 2.24) is 14.8 Å². The number of carbonyl (C=O) groups excluding carboxylic acids is 1. The van der Waals surface area contributed by atoms with Gasteiger partial charge in [0.2, 0.25) is 5.91 Å². The number of nitrogens with one attached hydrogen (secondary N) is 1. The van der Waals surface area contributed by atoms with Crippen LogP contribution < -0.4 is 10.1 Å². The van der Waals surface area contributed by atoms with Crippen LogP contribution in [0.1, 0.15) is 17.7 Å². The van der Waals surface area contributed by atoms with Crippen molar-refractivity contribution >= 4 is 11.7 Å². The van der Waals surface area contributed by atoms with E-state index in [0.717, 1.165) is 17.7 Å². The molecule has 0 saturated carbocycles. The molecule has 0 bridgehead atoms. The minimum absolute atomic E-state index is 0.166. The Bertz CT molecular complexity index is 896. The third kappa shape index (κ3) is 5.37. The van der Waals surface area contributed by atoms with Gasteiger partial charge >= 0.3 is 0 Å². The third-order valence-electron chi connectivity index (χ3n) is 4.09. The number of aryl methyl sites for hydroxylation is 3. The van der Waals surface area contributed by atoms with Crippen molar-refractivity contribution in [3.63, 3.8) is 0 Å². The molecule has 0 radical (unpaired) electrons. The van der Waals surface area contributed by atoms with E-state index in [1.165, 1.54) is 13.2 Å². The van der Waals surface area contributed by atoms with Crippen LogP contribution in [0.4, 0.5) is 10.2 Å². The maximum absolute atomic E-state index is 13.7. The van der Waals surface area contributed by atoms with Crippen LogP contribution in [0.5, 0.6) is 5.75 Å². The van der Waals surface area contributed by atoms with Gasteiger partial charge in [-0.3, -0.25) is 14.5 Å². The first kappa shape index (κ1) is 18.6. The second-order valence-corrected chi connectivity index (χ2v) is 6.05. The number of nitrogens with zero attached hydrogens (tertiary/aromatic N) is 3. The van der Waals surface area contributed by atoms with Crippen molar-refractivity contribution < 1.29 is 13.9 Å². The number of hydrogen-bond acceptors (Lipinski definition) is 4. The van der Waals surface area contributed by atoms with Crippen molar-refractivity contribution in [2.45, 2.75) is 25.8 Å². The normalized spacial score (nSPS) is 10.6. The van der Waals surface area contributed by atoms with Crippen LogP contribution in [0, 0.1) is 5.82 Å². The summed E-state index contributed by atoms with van der Waals surface area (Å²) in [6.07, 6.45) is 5.02. The molecule has 2 aromatic heterocycles. The molecule has 2 heterocycles. The van der Waals surface area contributed by atoms with Crippen LogP contribution in [-0.4, -0.2) is 27.8 Å². The number of carbonyl (C=O) groups is 1. The molecule has 0 spiro atoms. The molecule has 0 saturated heterocycles. The number of rotatable bonds is 8. The first-order valence-corrected chi connectivity index (χ1v) is 8.69. The Morgan fingerprint density at radius 3 is 2.85 bits per heavy atom. The van der Waals surface area contributed by atoms with Crippen LogP contribution in [0.3, 0.4) is 0 Å². The number of halogens is 1. The maximum Gasteiger partial charge on any atom is 0.225 e. The average molecular weight is 368 g/mol. The summed E-state index contributed by atoms with van der Waals surface area (Å²) in [6.45, 7) is 0.679. The highest BCUT2D eigenvalue weighted by Gasteiger charge is 2.08. The molecule has 7 heteroatoms. The fourth-order valence-corrected chi connectivity index (χ4v) is 2.66. The largest absolute Gasteiger partial charge is 0.494 e. The first-order chi connectivity index (χ1) is 13.1. The molecule has 0 aliphatic heterocycles. The first-order valence-electron chi connectivity index (χ1n) is 8.69. The molecule has 0 fully saturated rings. The highest BCUT2D eigenvalue weighted by molar-refractivity contribution is 5.89. The molecule has 1 amide bonds. The monoisotopic (exact) mass is 368 g/mol. The fourth-order valence-electron chi connectivity index (χ4n) is 2.66. The van der Waals surface area contributed by atoms with Crippen LogP contribution in [-0.2, 0) is 24.2 Å².